The van der Waals surface area contributed by atoms with Crippen molar-refractivity contribution < 1.29 is 13.2 Å². The number of sulfonamides is 1. The zero-order valence-corrected chi connectivity index (χ0v) is 18.4. The first-order valence-electron chi connectivity index (χ1n) is 8.13. The predicted molar refractivity (Wildman–Crippen MR) is 112 cm³/mol. The Morgan fingerprint density at radius 1 is 1.19 bits per heavy atom. The zero-order chi connectivity index (χ0) is 19.8. The fourth-order valence-electron chi connectivity index (χ4n) is 3.00. The van der Waals surface area contributed by atoms with Crippen molar-refractivity contribution in [2.45, 2.75) is 13.0 Å². The fourth-order valence-corrected chi connectivity index (χ4v) is 4.46. The third-order valence-corrected chi connectivity index (χ3v) is 6.79. The van der Waals surface area contributed by atoms with Crippen LogP contribution in [-0.4, -0.2) is 38.0 Å². The standard InChI is InChI=1S/C18H17BrCl2N2O3S/c1-27(25,26)22(10-12-2-4-15(20)16(21)8-12)11-18(24)23-7-6-13-9-14(19)3-5-17(13)23/h2-5,8-9H,6-7,10-11H2,1H3. The summed E-state index contributed by atoms with van der Waals surface area (Å²) < 4.78 is 26.5. The van der Waals surface area contributed by atoms with Crippen LogP contribution in [0.4, 0.5) is 5.69 Å². The highest BCUT2D eigenvalue weighted by atomic mass is 79.9. The van der Waals surface area contributed by atoms with E-state index in [9.17, 15) is 13.2 Å². The maximum atomic E-state index is 12.8. The molecule has 1 amide bonds. The smallest absolute Gasteiger partial charge is 0.242 e. The van der Waals surface area contributed by atoms with Gasteiger partial charge >= 0.3 is 0 Å². The van der Waals surface area contributed by atoms with Crippen LogP contribution in [0.1, 0.15) is 11.1 Å². The fraction of sp³-hybridized carbons (Fsp3) is 0.278. The van der Waals surface area contributed by atoms with Crippen molar-refractivity contribution in [1.29, 1.82) is 0 Å². The number of hydrogen-bond acceptors (Lipinski definition) is 3. The summed E-state index contributed by atoms with van der Waals surface area (Å²) in [4.78, 5) is 14.5. The highest BCUT2D eigenvalue weighted by molar-refractivity contribution is 9.10. The Hall–Kier alpha value is -1.12. The van der Waals surface area contributed by atoms with Crippen molar-refractivity contribution in [2.24, 2.45) is 0 Å². The van der Waals surface area contributed by atoms with Crippen molar-refractivity contribution in [3.63, 3.8) is 0 Å². The van der Waals surface area contributed by atoms with Crippen molar-refractivity contribution in [3.05, 3.63) is 62.0 Å². The molecule has 27 heavy (non-hydrogen) atoms. The minimum Gasteiger partial charge on any atom is -0.311 e. The molecule has 1 aliphatic heterocycles. The molecule has 0 N–H and O–H groups in total. The van der Waals surface area contributed by atoms with Crippen molar-refractivity contribution in [1.82, 2.24) is 4.31 Å². The number of nitrogens with zero attached hydrogens (tertiary/aromatic N) is 2. The highest BCUT2D eigenvalue weighted by Crippen LogP contribution is 2.31. The summed E-state index contributed by atoms with van der Waals surface area (Å²) in [6.07, 6.45) is 1.83. The topological polar surface area (TPSA) is 57.7 Å². The molecule has 3 rings (SSSR count). The van der Waals surface area contributed by atoms with E-state index in [1.807, 2.05) is 18.2 Å². The lowest BCUT2D eigenvalue weighted by atomic mass is 10.2. The minimum atomic E-state index is -3.59. The largest absolute Gasteiger partial charge is 0.311 e. The van der Waals surface area contributed by atoms with Crippen LogP contribution in [-0.2, 0) is 27.8 Å². The molecule has 144 valence electrons. The van der Waals surface area contributed by atoms with E-state index in [4.69, 9.17) is 23.2 Å². The monoisotopic (exact) mass is 490 g/mol. The number of carbonyl (C=O) groups excluding carboxylic acids is 1. The van der Waals surface area contributed by atoms with Gasteiger partial charge in [-0.05, 0) is 47.9 Å². The average Bonchev–Trinajstić information content (AvgIpc) is 2.99. The molecule has 0 saturated carbocycles. The number of carbonyl (C=O) groups is 1. The molecule has 0 aliphatic carbocycles. The van der Waals surface area contributed by atoms with Crippen LogP contribution >= 0.6 is 39.1 Å². The van der Waals surface area contributed by atoms with E-state index in [-0.39, 0.29) is 19.0 Å². The second kappa shape index (κ2) is 8.09. The number of benzene rings is 2. The van der Waals surface area contributed by atoms with Crippen molar-refractivity contribution in [3.8, 4) is 0 Å². The quantitative estimate of drug-likeness (QED) is 0.632. The van der Waals surface area contributed by atoms with E-state index in [1.165, 1.54) is 0 Å². The maximum absolute atomic E-state index is 12.8. The number of fused-ring (bicyclic) bond motifs is 1. The Morgan fingerprint density at radius 3 is 2.59 bits per heavy atom. The molecular weight excluding hydrogens is 475 g/mol. The van der Waals surface area contributed by atoms with E-state index in [0.29, 0.717) is 22.2 Å². The van der Waals surface area contributed by atoms with Gasteiger partial charge in [-0.25, -0.2) is 8.42 Å². The van der Waals surface area contributed by atoms with Gasteiger partial charge < -0.3 is 4.90 Å². The molecule has 9 heteroatoms. The maximum Gasteiger partial charge on any atom is 0.242 e. The molecular formula is C18H17BrCl2N2O3S. The van der Waals surface area contributed by atoms with E-state index in [1.54, 1.807) is 23.1 Å². The Kier molecular flexibility index (Phi) is 6.17. The van der Waals surface area contributed by atoms with E-state index >= 15 is 0 Å². The van der Waals surface area contributed by atoms with Crippen LogP contribution in [0, 0.1) is 0 Å². The van der Waals surface area contributed by atoms with E-state index in [0.717, 1.165) is 32.7 Å². The molecule has 0 bridgehead atoms. The zero-order valence-electron chi connectivity index (χ0n) is 14.5. The van der Waals surface area contributed by atoms with Crippen molar-refractivity contribution >= 4 is 60.7 Å². The lowest BCUT2D eigenvalue weighted by molar-refractivity contribution is -0.118. The van der Waals surface area contributed by atoms with Crippen LogP contribution in [0.5, 0.6) is 0 Å². The third kappa shape index (κ3) is 4.84. The Bertz CT molecular complexity index is 998. The molecule has 5 nitrogen and oxygen atoms in total. The number of anilines is 1. The van der Waals surface area contributed by atoms with Crippen LogP contribution < -0.4 is 4.90 Å². The predicted octanol–water partition coefficient (Wildman–Crippen LogP) is 4.11. The van der Waals surface area contributed by atoms with Crippen LogP contribution in [0.3, 0.4) is 0 Å². The number of hydrogen-bond donors (Lipinski definition) is 0. The second-order valence-electron chi connectivity index (χ2n) is 6.35. The van der Waals surface area contributed by atoms with E-state index < -0.39 is 10.0 Å². The minimum absolute atomic E-state index is 0.0441. The summed E-state index contributed by atoms with van der Waals surface area (Å²) in [5.41, 5.74) is 2.55. The summed E-state index contributed by atoms with van der Waals surface area (Å²) in [6, 6.07) is 10.6. The Morgan fingerprint density at radius 2 is 1.93 bits per heavy atom. The number of amides is 1. The van der Waals surface area contributed by atoms with Gasteiger partial charge in [0.2, 0.25) is 15.9 Å². The van der Waals surface area contributed by atoms with Gasteiger partial charge in [-0.15, -0.1) is 0 Å². The molecule has 0 fully saturated rings. The molecule has 0 unspecified atom stereocenters. The first kappa shape index (κ1) is 20.6. The first-order valence-corrected chi connectivity index (χ1v) is 11.5. The first-order chi connectivity index (χ1) is 12.6. The normalized spacial score (nSPS) is 13.9. The molecule has 0 aromatic heterocycles. The van der Waals surface area contributed by atoms with Gasteiger partial charge in [-0.1, -0.05) is 45.2 Å². The van der Waals surface area contributed by atoms with Gasteiger partial charge in [-0.3, -0.25) is 4.79 Å². The summed E-state index contributed by atoms with van der Waals surface area (Å²) in [5.74, 6) is -0.262. The third-order valence-electron chi connectivity index (χ3n) is 4.36. The SMILES string of the molecule is CS(=O)(=O)N(CC(=O)N1CCc2cc(Br)ccc21)Cc1ccc(Cl)c(Cl)c1. The molecule has 2 aromatic rings. The van der Waals surface area contributed by atoms with Gasteiger partial charge in [0.25, 0.3) is 0 Å². The molecule has 0 radical (unpaired) electrons. The lowest BCUT2D eigenvalue weighted by Gasteiger charge is -2.24. The van der Waals surface area contributed by atoms with Crippen molar-refractivity contribution in [2.75, 3.05) is 24.2 Å². The van der Waals surface area contributed by atoms with Crippen LogP contribution in [0.25, 0.3) is 0 Å². The summed E-state index contributed by atoms with van der Waals surface area (Å²) in [7, 11) is -3.59. The molecule has 1 aliphatic rings. The van der Waals surface area contributed by atoms with Gasteiger partial charge in [0.05, 0.1) is 22.8 Å². The molecule has 1 heterocycles. The summed E-state index contributed by atoms with van der Waals surface area (Å²) in [5, 5.41) is 0.732. The van der Waals surface area contributed by atoms with Gasteiger partial charge in [0, 0.05) is 23.2 Å². The number of rotatable bonds is 5. The summed E-state index contributed by atoms with van der Waals surface area (Å²) >= 11 is 15.3. The Labute approximate surface area is 177 Å². The highest BCUT2D eigenvalue weighted by Gasteiger charge is 2.28. The average molecular weight is 492 g/mol. The van der Waals surface area contributed by atoms with Gasteiger partial charge in [0.1, 0.15) is 0 Å². The molecule has 0 spiro atoms. The van der Waals surface area contributed by atoms with Crippen LogP contribution in [0.15, 0.2) is 40.9 Å². The molecule has 0 atom stereocenters. The summed E-state index contributed by atoms with van der Waals surface area (Å²) in [6.45, 7) is 0.339. The lowest BCUT2D eigenvalue weighted by Crippen LogP contribution is -2.41. The molecule has 0 saturated heterocycles. The number of halogens is 3. The molecule has 2 aromatic carbocycles. The van der Waals surface area contributed by atoms with Gasteiger partial charge in [-0.2, -0.15) is 4.31 Å². The Balaban J connectivity index is 1.80. The van der Waals surface area contributed by atoms with Crippen LogP contribution in [0.2, 0.25) is 10.0 Å². The van der Waals surface area contributed by atoms with Gasteiger partial charge in [0.15, 0.2) is 0 Å². The second-order valence-corrected chi connectivity index (χ2v) is 10.1. The van der Waals surface area contributed by atoms with E-state index in [2.05, 4.69) is 15.9 Å².